The lowest BCUT2D eigenvalue weighted by Crippen LogP contribution is -2.39. The Morgan fingerprint density at radius 3 is 2.78 bits per heavy atom. The van der Waals surface area contributed by atoms with E-state index in [-0.39, 0.29) is 17.8 Å². The summed E-state index contributed by atoms with van der Waals surface area (Å²) in [6, 6.07) is 7.69. The molecule has 122 valence electrons. The van der Waals surface area contributed by atoms with Gasteiger partial charge in [0.2, 0.25) is 5.82 Å². The number of carbonyl (C=O) groups is 1. The molecular formula is C17H21ClN4O. The minimum atomic E-state index is -0.0879. The van der Waals surface area contributed by atoms with Gasteiger partial charge in [-0.3, -0.25) is 4.79 Å². The summed E-state index contributed by atoms with van der Waals surface area (Å²) in [5.41, 5.74) is 0.736. The highest BCUT2D eigenvalue weighted by molar-refractivity contribution is 6.32. The zero-order valence-electron chi connectivity index (χ0n) is 13.7. The van der Waals surface area contributed by atoms with Gasteiger partial charge in [-0.1, -0.05) is 37.6 Å². The first-order valence-electron chi connectivity index (χ1n) is 7.98. The molecule has 0 radical (unpaired) electrons. The second kappa shape index (κ2) is 6.32. The second-order valence-corrected chi connectivity index (χ2v) is 6.71. The fourth-order valence-corrected chi connectivity index (χ4v) is 3.41. The number of carbonyl (C=O) groups excluding carboxylic acids is 1. The van der Waals surface area contributed by atoms with Crippen LogP contribution >= 0.6 is 11.6 Å². The molecule has 1 saturated heterocycles. The standard InChI is InChI=1S/C17H21ClN4O/c1-11(2)14-9-6-10-21(14)17(23)16-19-12(3)22(20-16)15-8-5-4-7-13(15)18/h4-5,7-8,11,14H,6,9-10H2,1-3H3. The normalized spacial score (nSPS) is 18.0. The van der Waals surface area contributed by atoms with E-state index in [0.29, 0.717) is 16.8 Å². The summed E-state index contributed by atoms with van der Waals surface area (Å²) in [7, 11) is 0. The Bertz CT molecular complexity index is 725. The Morgan fingerprint density at radius 2 is 2.09 bits per heavy atom. The molecule has 1 aromatic carbocycles. The largest absolute Gasteiger partial charge is 0.333 e. The quantitative estimate of drug-likeness (QED) is 0.864. The number of benzene rings is 1. The van der Waals surface area contributed by atoms with Gasteiger partial charge in [0.25, 0.3) is 5.91 Å². The molecule has 2 heterocycles. The molecule has 0 N–H and O–H groups in total. The molecule has 1 unspecified atom stereocenters. The van der Waals surface area contributed by atoms with Crippen molar-refractivity contribution in [3.8, 4) is 5.69 Å². The van der Waals surface area contributed by atoms with Gasteiger partial charge < -0.3 is 4.90 Å². The third kappa shape index (κ3) is 2.98. The van der Waals surface area contributed by atoms with Crippen LogP contribution in [-0.2, 0) is 0 Å². The SMILES string of the molecule is Cc1nc(C(=O)N2CCCC2C(C)C)nn1-c1ccccc1Cl. The number of amides is 1. The molecule has 23 heavy (non-hydrogen) atoms. The van der Waals surface area contributed by atoms with E-state index in [0.717, 1.165) is 25.1 Å². The minimum absolute atomic E-state index is 0.0879. The molecule has 1 fully saturated rings. The number of aryl methyl sites for hydroxylation is 1. The van der Waals surface area contributed by atoms with Crippen LogP contribution in [0, 0.1) is 12.8 Å². The van der Waals surface area contributed by atoms with Gasteiger partial charge in [-0.15, -0.1) is 5.10 Å². The highest BCUT2D eigenvalue weighted by Crippen LogP contribution is 2.26. The zero-order valence-corrected chi connectivity index (χ0v) is 14.4. The van der Waals surface area contributed by atoms with E-state index in [1.807, 2.05) is 30.0 Å². The average Bonchev–Trinajstić information content (AvgIpc) is 3.14. The number of halogens is 1. The Morgan fingerprint density at radius 1 is 1.35 bits per heavy atom. The van der Waals surface area contributed by atoms with E-state index in [2.05, 4.69) is 23.9 Å². The molecule has 1 atom stereocenters. The molecule has 2 aromatic rings. The summed E-state index contributed by atoms with van der Waals surface area (Å²) in [5, 5.41) is 4.99. The molecule has 0 bridgehead atoms. The van der Waals surface area contributed by atoms with Gasteiger partial charge in [-0.05, 0) is 37.8 Å². The molecule has 0 aliphatic carbocycles. The van der Waals surface area contributed by atoms with E-state index < -0.39 is 0 Å². The summed E-state index contributed by atoms with van der Waals surface area (Å²) >= 11 is 6.23. The van der Waals surface area contributed by atoms with Crippen LogP contribution in [0.3, 0.4) is 0 Å². The monoisotopic (exact) mass is 332 g/mol. The zero-order chi connectivity index (χ0) is 16.6. The Labute approximate surface area is 141 Å². The molecular weight excluding hydrogens is 312 g/mol. The molecule has 6 heteroatoms. The van der Waals surface area contributed by atoms with Crippen LogP contribution in [0.2, 0.25) is 5.02 Å². The number of likely N-dealkylation sites (tertiary alicyclic amines) is 1. The maximum absolute atomic E-state index is 12.8. The Balaban J connectivity index is 1.92. The van der Waals surface area contributed by atoms with E-state index in [9.17, 15) is 4.79 Å². The van der Waals surface area contributed by atoms with Crippen LogP contribution in [0.25, 0.3) is 5.69 Å². The first-order valence-corrected chi connectivity index (χ1v) is 8.36. The van der Waals surface area contributed by atoms with E-state index in [4.69, 9.17) is 11.6 Å². The van der Waals surface area contributed by atoms with Crippen molar-refractivity contribution in [2.45, 2.75) is 39.7 Å². The van der Waals surface area contributed by atoms with E-state index in [1.165, 1.54) is 0 Å². The lowest BCUT2D eigenvalue weighted by molar-refractivity contribution is 0.0689. The third-order valence-corrected chi connectivity index (χ3v) is 4.69. The van der Waals surface area contributed by atoms with Crippen LogP contribution in [-0.4, -0.2) is 38.2 Å². The summed E-state index contributed by atoms with van der Waals surface area (Å²) < 4.78 is 1.63. The van der Waals surface area contributed by atoms with Crippen LogP contribution in [0.1, 0.15) is 43.1 Å². The Kier molecular flexibility index (Phi) is 4.39. The number of rotatable bonds is 3. The molecule has 1 aliphatic rings. The van der Waals surface area contributed by atoms with Crippen LogP contribution in [0.4, 0.5) is 0 Å². The molecule has 0 spiro atoms. The van der Waals surface area contributed by atoms with Crippen LogP contribution in [0.5, 0.6) is 0 Å². The van der Waals surface area contributed by atoms with Gasteiger partial charge in [-0.25, -0.2) is 9.67 Å². The van der Waals surface area contributed by atoms with Gasteiger partial charge in [-0.2, -0.15) is 0 Å². The van der Waals surface area contributed by atoms with E-state index in [1.54, 1.807) is 10.7 Å². The predicted molar refractivity (Wildman–Crippen MR) is 90.0 cm³/mol. The maximum Gasteiger partial charge on any atom is 0.293 e. The van der Waals surface area contributed by atoms with Crippen LogP contribution < -0.4 is 0 Å². The van der Waals surface area contributed by atoms with Crippen molar-refractivity contribution in [2.24, 2.45) is 5.92 Å². The van der Waals surface area contributed by atoms with Crippen molar-refractivity contribution in [1.82, 2.24) is 19.7 Å². The highest BCUT2D eigenvalue weighted by atomic mass is 35.5. The Hall–Kier alpha value is -1.88. The van der Waals surface area contributed by atoms with Crippen molar-refractivity contribution in [2.75, 3.05) is 6.54 Å². The van der Waals surface area contributed by atoms with Crippen molar-refractivity contribution >= 4 is 17.5 Å². The first-order chi connectivity index (χ1) is 11.0. The van der Waals surface area contributed by atoms with Crippen molar-refractivity contribution < 1.29 is 4.79 Å². The summed E-state index contributed by atoms with van der Waals surface area (Å²) in [6.45, 7) is 6.91. The van der Waals surface area contributed by atoms with Crippen LogP contribution in [0.15, 0.2) is 24.3 Å². The summed E-state index contributed by atoms with van der Waals surface area (Å²) in [5.74, 6) is 1.25. The topological polar surface area (TPSA) is 51.0 Å². The van der Waals surface area contributed by atoms with Crippen molar-refractivity contribution in [1.29, 1.82) is 0 Å². The lowest BCUT2D eigenvalue weighted by atomic mass is 10.0. The van der Waals surface area contributed by atoms with E-state index >= 15 is 0 Å². The number of hydrogen-bond acceptors (Lipinski definition) is 3. The van der Waals surface area contributed by atoms with Gasteiger partial charge in [0, 0.05) is 12.6 Å². The summed E-state index contributed by atoms with van der Waals surface area (Å²) in [6.07, 6.45) is 2.09. The number of hydrogen-bond donors (Lipinski definition) is 0. The molecule has 1 aliphatic heterocycles. The molecule has 0 saturated carbocycles. The lowest BCUT2D eigenvalue weighted by Gasteiger charge is -2.26. The number of aromatic nitrogens is 3. The molecule has 5 nitrogen and oxygen atoms in total. The molecule has 1 amide bonds. The fraction of sp³-hybridized carbons (Fsp3) is 0.471. The minimum Gasteiger partial charge on any atom is -0.333 e. The third-order valence-electron chi connectivity index (χ3n) is 4.37. The molecule has 1 aromatic heterocycles. The first kappa shape index (κ1) is 16.0. The fourth-order valence-electron chi connectivity index (χ4n) is 3.20. The predicted octanol–water partition coefficient (Wildman–Crippen LogP) is 3.49. The van der Waals surface area contributed by atoms with Gasteiger partial charge in [0.15, 0.2) is 0 Å². The summed E-state index contributed by atoms with van der Waals surface area (Å²) in [4.78, 5) is 19.1. The second-order valence-electron chi connectivity index (χ2n) is 6.30. The van der Waals surface area contributed by atoms with Gasteiger partial charge in [0.05, 0.1) is 10.7 Å². The van der Waals surface area contributed by atoms with Crippen molar-refractivity contribution in [3.63, 3.8) is 0 Å². The van der Waals surface area contributed by atoms with Crippen molar-refractivity contribution in [3.05, 3.63) is 40.9 Å². The smallest absolute Gasteiger partial charge is 0.293 e. The number of nitrogens with zero attached hydrogens (tertiary/aromatic N) is 4. The highest BCUT2D eigenvalue weighted by Gasteiger charge is 2.33. The maximum atomic E-state index is 12.8. The van der Waals surface area contributed by atoms with Gasteiger partial charge >= 0.3 is 0 Å². The molecule has 3 rings (SSSR count). The van der Waals surface area contributed by atoms with Gasteiger partial charge in [0.1, 0.15) is 5.82 Å². The number of para-hydroxylation sites is 1. The average molecular weight is 333 g/mol.